The van der Waals surface area contributed by atoms with Crippen molar-refractivity contribution in [1.29, 1.82) is 0 Å². The minimum absolute atomic E-state index is 0.176. The van der Waals surface area contributed by atoms with Crippen LogP contribution >= 0.6 is 0 Å². The molecule has 0 aliphatic heterocycles. The number of carboxylic acids is 1. The van der Waals surface area contributed by atoms with E-state index in [0.29, 0.717) is 6.42 Å². The first-order valence-electron chi connectivity index (χ1n) is 5.70. The molecule has 1 atom stereocenters. The molecule has 0 aromatic heterocycles. The highest BCUT2D eigenvalue weighted by Gasteiger charge is 2.20. The summed E-state index contributed by atoms with van der Waals surface area (Å²) >= 11 is 0. The second-order valence-electron chi connectivity index (χ2n) is 4.26. The van der Waals surface area contributed by atoms with Crippen molar-refractivity contribution in [2.24, 2.45) is 5.92 Å². The maximum atomic E-state index is 11.4. The van der Waals surface area contributed by atoms with Crippen LogP contribution < -0.4 is 10.6 Å². The molecule has 0 saturated carbocycles. The van der Waals surface area contributed by atoms with Crippen molar-refractivity contribution in [3.05, 3.63) is 0 Å². The molecule has 0 rings (SSSR count). The van der Waals surface area contributed by atoms with Gasteiger partial charge in [0.1, 0.15) is 6.04 Å². The minimum Gasteiger partial charge on any atom is -0.480 e. The van der Waals surface area contributed by atoms with Gasteiger partial charge in [0, 0.05) is 0 Å². The molecule has 5 nitrogen and oxygen atoms in total. The van der Waals surface area contributed by atoms with Gasteiger partial charge in [-0.2, -0.15) is 0 Å². The Morgan fingerprint density at radius 3 is 2.38 bits per heavy atom. The van der Waals surface area contributed by atoms with Crippen LogP contribution in [0.4, 0.5) is 0 Å². The van der Waals surface area contributed by atoms with Crippen molar-refractivity contribution in [3.8, 4) is 0 Å². The van der Waals surface area contributed by atoms with Gasteiger partial charge in [-0.1, -0.05) is 20.8 Å². The largest absolute Gasteiger partial charge is 0.480 e. The molecule has 0 unspecified atom stereocenters. The van der Waals surface area contributed by atoms with E-state index in [2.05, 4.69) is 10.6 Å². The van der Waals surface area contributed by atoms with E-state index >= 15 is 0 Å². The summed E-state index contributed by atoms with van der Waals surface area (Å²) in [6.07, 6.45) is 1.40. The molecule has 1 amide bonds. The lowest BCUT2D eigenvalue weighted by Gasteiger charge is -2.16. The van der Waals surface area contributed by atoms with Crippen LogP contribution in [0.25, 0.3) is 0 Å². The number of hydrogen-bond acceptors (Lipinski definition) is 3. The van der Waals surface area contributed by atoms with Crippen molar-refractivity contribution in [1.82, 2.24) is 10.6 Å². The van der Waals surface area contributed by atoms with Gasteiger partial charge in [-0.05, 0) is 25.3 Å². The smallest absolute Gasteiger partial charge is 0.326 e. The molecule has 94 valence electrons. The van der Waals surface area contributed by atoms with E-state index in [4.69, 9.17) is 5.11 Å². The number of amides is 1. The highest BCUT2D eigenvalue weighted by atomic mass is 16.4. The first-order valence-corrected chi connectivity index (χ1v) is 5.70. The van der Waals surface area contributed by atoms with Crippen molar-refractivity contribution in [2.45, 2.75) is 39.7 Å². The van der Waals surface area contributed by atoms with Crippen LogP contribution in [0.3, 0.4) is 0 Å². The second kappa shape index (κ2) is 8.10. The average Bonchev–Trinajstić information content (AvgIpc) is 2.16. The van der Waals surface area contributed by atoms with Gasteiger partial charge >= 0.3 is 5.97 Å². The van der Waals surface area contributed by atoms with Crippen molar-refractivity contribution in [2.75, 3.05) is 13.1 Å². The Kier molecular flexibility index (Phi) is 7.54. The maximum absolute atomic E-state index is 11.4. The molecular weight excluding hydrogens is 208 g/mol. The highest BCUT2D eigenvalue weighted by molar-refractivity contribution is 5.84. The first-order chi connectivity index (χ1) is 7.47. The average molecular weight is 230 g/mol. The molecule has 0 saturated heterocycles. The first kappa shape index (κ1) is 14.9. The lowest BCUT2D eigenvalue weighted by atomic mass is 10.0. The highest BCUT2D eigenvalue weighted by Crippen LogP contribution is 2.04. The predicted octanol–water partition coefficient (Wildman–Crippen LogP) is 0.601. The van der Waals surface area contributed by atoms with E-state index in [-0.39, 0.29) is 18.4 Å². The van der Waals surface area contributed by atoms with E-state index in [9.17, 15) is 9.59 Å². The van der Waals surface area contributed by atoms with Crippen molar-refractivity contribution in [3.63, 3.8) is 0 Å². The number of rotatable bonds is 8. The SMILES string of the molecule is CCCNCC(=O)N[C@@H](CC(C)C)C(=O)O. The fourth-order valence-corrected chi connectivity index (χ4v) is 1.32. The fraction of sp³-hybridized carbons (Fsp3) is 0.818. The summed E-state index contributed by atoms with van der Waals surface area (Å²) in [7, 11) is 0. The van der Waals surface area contributed by atoms with Crippen LogP contribution in [0.2, 0.25) is 0 Å². The van der Waals surface area contributed by atoms with Gasteiger partial charge in [0.25, 0.3) is 0 Å². The minimum atomic E-state index is -0.974. The van der Waals surface area contributed by atoms with Gasteiger partial charge in [0.05, 0.1) is 6.54 Å². The van der Waals surface area contributed by atoms with Crippen LogP contribution in [0.15, 0.2) is 0 Å². The number of aliphatic carboxylic acids is 1. The summed E-state index contributed by atoms with van der Waals surface area (Å²) in [5.41, 5.74) is 0. The van der Waals surface area contributed by atoms with Gasteiger partial charge < -0.3 is 15.7 Å². The monoisotopic (exact) mass is 230 g/mol. The summed E-state index contributed by atoms with van der Waals surface area (Å²) in [4.78, 5) is 22.2. The molecular formula is C11H22N2O3. The summed E-state index contributed by atoms with van der Waals surface area (Å²) < 4.78 is 0. The summed E-state index contributed by atoms with van der Waals surface area (Å²) in [5, 5.41) is 14.3. The Morgan fingerprint density at radius 2 is 1.94 bits per heavy atom. The molecule has 0 fully saturated rings. The van der Waals surface area contributed by atoms with Crippen molar-refractivity contribution < 1.29 is 14.7 Å². The third kappa shape index (κ3) is 7.23. The van der Waals surface area contributed by atoms with Crippen LogP contribution in [-0.2, 0) is 9.59 Å². The Labute approximate surface area is 96.6 Å². The number of hydrogen-bond donors (Lipinski definition) is 3. The third-order valence-corrected chi connectivity index (χ3v) is 2.05. The normalized spacial score (nSPS) is 12.5. The second-order valence-corrected chi connectivity index (χ2v) is 4.26. The van der Waals surface area contributed by atoms with Gasteiger partial charge in [0.2, 0.25) is 5.91 Å². The van der Waals surface area contributed by atoms with E-state index in [1.165, 1.54) is 0 Å². The molecule has 0 radical (unpaired) electrons. The lowest BCUT2D eigenvalue weighted by molar-refractivity contribution is -0.142. The zero-order valence-electron chi connectivity index (χ0n) is 10.2. The number of nitrogens with one attached hydrogen (secondary N) is 2. The van der Waals surface area contributed by atoms with Gasteiger partial charge in [-0.25, -0.2) is 4.79 Å². The van der Waals surface area contributed by atoms with E-state index in [0.717, 1.165) is 13.0 Å². The molecule has 0 aliphatic rings. The fourth-order valence-electron chi connectivity index (χ4n) is 1.32. The Morgan fingerprint density at radius 1 is 1.31 bits per heavy atom. The number of carbonyl (C=O) groups excluding carboxylic acids is 1. The van der Waals surface area contributed by atoms with Gasteiger partial charge in [-0.15, -0.1) is 0 Å². The summed E-state index contributed by atoms with van der Waals surface area (Å²) in [6.45, 7) is 6.80. The summed E-state index contributed by atoms with van der Waals surface area (Å²) in [6, 6.07) is -0.782. The molecule has 5 heteroatoms. The zero-order chi connectivity index (χ0) is 12.6. The molecule has 0 aromatic carbocycles. The van der Waals surface area contributed by atoms with Crippen LogP contribution in [0.1, 0.15) is 33.6 Å². The molecule has 0 heterocycles. The molecule has 0 spiro atoms. The van der Waals surface area contributed by atoms with Gasteiger partial charge in [-0.3, -0.25) is 4.79 Å². The lowest BCUT2D eigenvalue weighted by Crippen LogP contribution is -2.45. The quantitative estimate of drug-likeness (QED) is 0.534. The molecule has 3 N–H and O–H groups in total. The van der Waals surface area contributed by atoms with Crippen LogP contribution in [0, 0.1) is 5.92 Å². The Hall–Kier alpha value is -1.10. The van der Waals surface area contributed by atoms with E-state index in [1.54, 1.807) is 0 Å². The van der Waals surface area contributed by atoms with Crippen LogP contribution in [0.5, 0.6) is 0 Å². The number of carboxylic acid groups (broad SMARTS) is 1. The standard InChI is InChI=1S/C11H22N2O3/c1-4-5-12-7-10(14)13-9(11(15)16)6-8(2)3/h8-9,12H,4-7H2,1-3H3,(H,13,14)(H,15,16)/t9-/m0/s1. The zero-order valence-corrected chi connectivity index (χ0v) is 10.2. The van der Waals surface area contributed by atoms with Crippen molar-refractivity contribution >= 4 is 11.9 Å². The Balaban J connectivity index is 3.98. The van der Waals surface area contributed by atoms with Crippen LogP contribution in [-0.4, -0.2) is 36.1 Å². The molecule has 0 aliphatic carbocycles. The third-order valence-electron chi connectivity index (χ3n) is 2.05. The number of carbonyl (C=O) groups is 2. The Bertz CT molecular complexity index is 229. The predicted molar refractivity (Wildman–Crippen MR) is 62.2 cm³/mol. The van der Waals surface area contributed by atoms with E-state index in [1.807, 2.05) is 20.8 Å². The topological polar surface area (TPSA) is 78.4 Å². The van der Waals surface area contributed by atoms with Gasteiger partial charge in [0.15, 0.2) is 0 Å². The molecule has 0 aromatic rings. The molecule has 0 bridgehead atoms. The molecule has 16 heavy (non-hydrogen) atoms. The van der Waals surface area contributed by atoms with E-state index < -0.39 is 12.0 Å². The maximum Gasteiger partial charge on any atom is 0.326 e. The summed E-state index contributed by atoms with van der Waals surface area (Å²) in [5.74, 6) is -0.996.